The Balaban J connectivity index is 2.18. The lowest BCUT2D eigenvalue weighted by molar-refractivity contribution is -0.145. The smallest absolute Gasteiger partial charge is 0.314 e. The van der Waals surface area contributed by atoms with Crippen LogP contribution in [0.15, 0.2) is 47.6 Å². The fourth-order valence-electron chi connectivity index (χ4n) is 3.42. The maximum atomic E-state index is 14.1. The first kappa shape index (κ1) is 23.7. The van der Waals surface area contributed by atoms with E-state index in [2.05, 4.69) is 10.0 Å². The minimum atomic E-state index is -0.946. The summed E-state index contributed by atoms with van der Waals surface area (Å²) < 4.78 is 19.1. The van der Waals surface area contributed by atoms with Crippen molar-refractivity contribution in [3.05, 3.63) is 69.3 Å². The van der Waals surface area contributed by atoms with Gasteiger partial charge >= 0.3 is 5.97 Å². The first-order valence-electron chi connectivity index (χ1n) is 9.77. The molecule has 0 saturated heterocycles. The Kier molecular flexibility index (Phi) is 9.18. The molecule has 0 spiro atoms. The van der Waals surface area contributed by atoms with Crippen molar-refractivity contribution in [3.8, 4) is 11.1 Å². The molecule has 0 heterocycles. The normalized spacial score (nSPS) is 12.6. The van der Waals surface area contributed by atoms with Gasteiger partial charge in [0, 0.05) is 15.5 Å². The highest BCUT2D eigenvalue weighted by atomic mass is 35.5. The number of halogens is 2. The van der Waals surface area contributed by atoms with Crippen molar-refractivity contribution >= 4 is 24.5 Å². The molecule has 30 heavy (non-hydrogen) atoms. The van der Waals surface area contributed by atoms with E-state index in [-0.39, 0.29) is 24.8 Å². The molecule has 6 nitrogen and oxygen atoms in total. The quantitative estimate of drug-likeness (QED) is 0.176. The Morgan fingerprint density at radius 1 is 1.33 bits per heavy atom. The molecule has 0 aromatic heterocycles. The Bertz CT molecular complexity index is 905. The first-order chi connectivity index (χ1) is 14.3. The summed E-state index contributed by atoms with van der Waals surface area (Å²) in [7, 11) is 0. The fourth-order valence-corrected chi connectivity index (χ4v) is 3.60. The summed E-state index contributed by atoms with van der Waals surface area (Å²) in [4.78, 5) is 14.8. The molecule has 0 aliphatic heterocycles. The van der Waals surface area contributed by atoms with Gasteiger partial charge in [-0.05, 0) is 66.9 Å². The molecule has 0 bridgehead atoms. The van der Waals surface area contributed by atoms with E-state index in [0.29, 0.717) is 28.9 Å². The highest BCUT2D eigenvalue weighted by Crippen LogP contribution is 2.28. The lowest BCUT2D eigenvalue weighted by Crippen LogP contribution is -2.27. The number of nitrogens with zero attached hydrogens (tertiary/aromatic N) is 3. The molecular weight excluding hydrogens is 408 g/mol. The van der Waals surface area contributed by atoms with Gasteiger partial charge in [-0.1, -0.05) is 47.8 Å². The molecule has 0 saturated carbocycles. The van der Waals surface area contributed by atoms with Gasteiger partial charge in [0.25, 0.3) is 6.92 Å². The third-order valence-electron chi connectivity index (χ3n) is 4.70. The van der Waals surface area contributed by atoms with E-state index in [1.54, 1.807) is 31.9 Å². The highest BCUT2D eigenvalue weighted by Gasteiger charge is 2.25. The van der Waals surface area contributed by atoms with Crippen LogP contribution in [0.3, 0.4) is 0 Å². The van der Waals surface area contributed by atoms with Gasteiger partial charge in [-0.3, -0.25) is 4.79 Å². The molecule has 2 aromatic rings. The summed E-state index contributed by atoms with van der Waals surface area (Å²) in [6, 6.07) is 10.8. The summed E-state index contributed by atoms with van der Waals surface area (Å²) in [5, 5.41) is 13.9. The lowest BCUT2D eigenvalue weighted by Gasteiger charge is -2.20. The number of esters is 1. The predicted octanol–water partition coefficient (Wildman–Crippen LogP) is 5.55. The van der Waals surface area contributed by atoms with E-state index < -0.39 is 18.9 Å². The Morgan fingerprint density at radius 2 is 2.03 bits per heavy atom. The largest absolute Gasteiger partial charge is 0.466 e. The van der Waals surface area contributed by atoms with E-state index in [4.69, 9.17) is 21.9 Å². The van der Waals surface area contributed by atoms with E-state index in [0.717, 1.165) is 5.56 Å². The van der Waals surface area contributed by atoms with Crippen molar-refractivity contribution in [1.29, 1.82) is 0 Å². The van der Waals surface area contributed by atoms with Crippen molar-refractivity contribution in [1.82, 2.24) is 0 Å². The number of hydrogen-bond donors (Lipinski definition) is 1. The van der Waals surface area contributed by atoms with Gasteiger partial charge in [-0.2, -0.15) is 0 Å². The van der Waals surface area contributed by atoms with Crippen molar-refractivity contribution in [2.75, 3.05) is 6.61 Å². The Hall–Kier alpha value is -2.54. The molecular formula is C21H24BClFN3O3. The van der Waals surface area contributed by atoms with Gasteiger partial charge in [0.2, 0.25) is 0 Å². The van der Waals surface area contributed by atoms with Crippen LogP contribution in [0.25, 0.3) is 21.6 Å². The third-order valence-corrected chi connectivity index (χ3v) is 4.93. The molecule has 0 unspecified atom stereocenters. The molecule has 2 atom stereocenters. The summed E-state index contributed by atoms with van der Waals surface area (Å²) in [5.74, 6) is -1.04. The number of hydrogen-bond acceptors (Lipinski definition) is 4. The number of benzene rings is 2. The number of carbonyl (C=O) groups is 1. The molecule has 2 rings (SSSR count). The van der Waals surface area contributed by atoms with E-state index >= 15 is 0 Å². The third kappa shape index (κ3) is 7.06. The fraction of sp³-hybridized carbons (Fsp3) is 0.381. The average molecular weight is 432 g/mol. The van der Waals surface area contributed by atoms with E-state index in [1.165, 1.54) is 12.1 Å². The van der Waals surface area contributed by atoms with Crippen molar-refractivity contribution in [2.45, 2.75) is 39.0 Å². The summed E-state index contributed by atoms with van der Waals surface area (Å²) in [6.45, 7) is 2.97. The van der Waals surface area contributed by atoms with Gasteiger partial charge in [0.15, 0.2) is 0 Å². The standard InChI is InChI=1S/C21H24BClFN3O3/c1-3-30-21(28)20(26-27-25)11-15(13-22(2)29)10-14-4-6-16(7-5-14)18-12-17(23)8-9-19(18)24/h4-9,12,15,20,29H,3,10-11,13H2,1-2H3/t15-,20-/m1/s1. The van der Waals surface area contributed by atoms with Gasteiger partial charge in [0.05, 0.1) is 6.61 Å². The second-order valence-corrected chi connectivity index (χ2v) is 7.62. The van der Waals surface area contributed by atoms with Gasteiger partial charge < -0.3 is 9.76 Å². The zero-order chi connectivity index (χ0) is 22.1. The van der Waals surface area contributed by atoms with Crippen LogP contribution < -0.4 is 0 Å². The number of rotatable bonds is 10. The van der Waals surface area contributed by atoms with Crippen LogP contribution in [0.2, 0.25) is 18.2 Å². The second-order valence-electron chi connectivity index (χ2n) is 7.18. The minimum absolute atomic E-state index is 0.112. The summed E-state index contributed by atoms with van der Waals surface area (Å²) >= 11 is 5.97. The SMILES string of the molecule is CCOC(=O)[C@@H](C[C@H](CB(C)O)Cc1ccc(-c2cc(Cl)ccc2F)cc1)N=[N+]=[N-]. The molecule has 9 heteroatoms. The Labute approximate surface area is 180 Å². The van der Waals surface area contributed by atoms with Crippen LogP contribution in [-0.4, -0.2) is 30.6 Å². The summed E-state index contributed by atoms with van der Waals surface area (Å²) in [5.41, 5.74) is 10.8. The number of carbonyl (C=O) groups excluding carboxylic acids is 1. The molecule has 158 valence electrons. The van der Waals surface area contributed by atoms with Gasteiger partial charge in [-0.25, -0.2) is 4.39 Å². The van der Waals surface area contributed by atoms with Crippen LogP contribution in [0.4, 0.5) is 4.39 Å². The van der Waals surface area contributed by atoms with Gasteiger partial charge in [-0.15, -0.1) is 0 Å². The molecule has 2 aromatic carbocycles. The molecule has 0 aliphatic carbocycles. The van der Waals surface area contributed by atoms with Crippen molar-refractivity contribution in [3.63, 3.8) is 0 Å². The Morgan fingerprint density at radius 3 is 2.63 bits per heavy atom. The van der Waals surface area contributed by atoms with Crippen LogP contribution >= 0.6 is 11.6 Å². The first-order valence-corrected chi connectivity index (χ1v) is 10.1. The highest BCUT2D eigenvalue weighted by molar-refractivity contribution is 6.48. The second kappa shape index (κ2) is 11.6. The minimum Gasteiger partial charge on any atom is -0.466 e. The van der Waals surface area contributed by atoms with Crippen molar-refractivity contribution < 1.29 is 18.9 Å². The molecule has 0 amide bonds. The van der Waals surface area contributed by atoms with E-state index in [9.17, 15) is 14.2 Å². The van der Waals surface area contributed by atoms with Crippen molar-refractivity contribution in [2.24, 2.45) is 11.0 Å². The van der Waals surface area contributed by atoms with Crippen LogP contribution in [0.1, 0.15) is 18.9 Å². The number of azide groups is 1. The van der Waals surface area contributed by atoms with Gasteiger partial charge in [0.1, 0.15) is 11.9 Å². The van der Waals surface area contributed by atoms with Crippen LogP contribution in [-0.2, 0) is 16.0 Å². The molecule has 0 fully saturated rings. The lowest BCUT2D eigenvalue weighted by atomic mass is 9.62. The molecule has 1 N–H and O–H groups in total. The maximum Gasteiger partial charge on any atom is 0.314 e. The zero-order valence-electron chi connectivity index (χ0n) is 17.0. The summed E-state index contributed by atoms with van der Waals surface area (Å²) in [6.07, 6.45) is 1.25. The number of ether oxygens (including phenoxy) is 1. The topological polar surface area (TPSA) is 95.3 Å². The van der Waals surface area contributed by atoms with Crippen LogP contribution in [0.5, 0.6) is 0 Å². The monoisotopic (exact) mass is 431 g/mol. The molecule has 0 aliphatic rings. The zero-order valence-corrected chi connectivity index (χ0v) is 17.7. The van der Waals surface area contributed by atoms with Crippen LogP contribution in [0, 0.1) is 11.7 Å². The average Bonchev–Trinajstić information content (AvgIpc) is 2.70. The molecule has 0 radical (unpaired) electrons. The maximum absolute atomic E-state index is 14.1. The predicted molar refractivity (Wildman–Crippen MR) is 117 cm³/mol. The van der Waals surface area contributed by atoms with E-state index in [1.807, 2.05) is 12.1 Å².